The van der Waals surface area contributed by atoms with Crippen molar-refractivity contribution < 1.29 is 0 Å². The van der Waals surface area contributed by atoms with Gasteiger partial charge in [-0.3, -0.25) is 5.43 Å². The van der Waals surface area contributed by atoms with Crippen molar-refractivity contribution in [1.82, 2.24) is 14.9 Å². The average molecular weight is 319 g/mol. The Labute approximate surface area is 141 Å². The second kappa shape index (κ2) is 4.98. The zero-order valence-corrected chi connectivity index (χ0v) is 14.0. The number of nitrogens with zero attached hydrogens (tertiary/aromatic N) is 4. The van der Waals surface area contributed by atoms with E-state index < -0.39 is 0 Å². The van der Waals surface area contributed by atoms with E-state index in [-0.39, 0.29) is 0 Å². The zero-order chi connectivity index (χ0) is 16.3. The molecule has 5 rings (SSSR count). The maximum Gasteiger partial charge on any atom is 0.140 e. The van der Waals surface area contributed by atoms with Gasteiger partial charge in [-0.25, -0.2) is 0 Å². The van der Waals surface area contributed by atoms with Crippen LogP contribution in [0.15, 0.2) is 41.6 Å². The Morgan fingerprint density at radius 3 is 3.08 bits per heavy atom. The summed E-state index contributed by atoms with van der Waals surface area (Å²) in [5.41, 5.74) is 9.76. The Morgan fingerprint density at radius 2 is 2.21 bits per heavy atom. The minimum atomic E-state index is 0.314. The van der Waals surface area contributed by atoms with E-state index in [9.17, 15) is 0 Å². The molecule has 0 amide bonds. The molecule has 0 fully saturated rings. The summed E-state index contributed by atoms with van der Waals surface area (Å²) in [6.45, 7) is 1.67. The number of amidine groups is 1. The molecule has 0 spiro atoms. The van der Waals surface area contributed by atoms with Crippen molar-refractivity contribution in [2.45, 2.75) is 18.9 Å². The van der Waals surface area contributed by atoms with Gasteiger partial charge in [0.15, 0.2) is 0 Å². The molecule has 0 saturated carbocycles. The predicted molar refractivity (Wildman–Crippen MR) is 97.5 cm³/mol. The Bertz CT molecular complexity index is 874. The maximum atomic E-state index is 4.65. The summed E-state index contributed by atoms with van der Waals surface area (Å²) < 4.78 is 2.40. The quantitative estimate of drug-likeness (QED) is 0.924. The molecule has 0 saturated heterocycles. The standard InChI is InChI=1S/C19H21N5/c1-22(2)11-14-6-4-8-16-18(14)23-10-9-13-5-3-7-15(17(13)23)19-21-20-12-24(16)19/h3-6,8-10,15,20H,7,11-12H2,1-2H3. The molecule has 1 atom stereocenters. The highest BCUT2D eigenvalue weighted by Crippen LogP contribution is 2.43. The molecule has 3 heterocycles. The molecule has 0 bridgehead atoms. The highest BCUT2D eigenvalue weighted by atomic mass is 15.5. The van der Waals surface area contributed by atoms with Crippen LogP contribution in [0.5, 0.6) is 0 Å². The van der Waals surface area contributed by atoms with E-state index in [2.05, 4.69) is 81.6 Å². The molecule has 1 aliphatic carbocycles. The fourth-order valence-corrected chi connectivity index (χ4v) is 4.18. The van der Waals surface area contributed by atoms with Crippen molar-refractivity contribution in [2.24, 2.45) is 5.10 Å². The van der Waals surface area contributed by atoms with E-state index in [0.29, 0.717) is 5.92 Å². The second-order valence-electron chi connectivity index (χ2n) is 6.95. The molecule has 1 aromatic carbocycles. The van der Waals surface area contributed by atoms with Crippen molar-refractivity contribution in [1.29, 1.82) is 0 Å². The van der Waals surface area contributed by atoms with Crippen LogP contribution >= 0.6 is 0 Å². The highest BCUT2D eigenvalue weighted by molar-refractivity contribution is 6.06. The van der Waals surface area contributed by atoms with Crippen LogP contribution in [0.25, 0.3) is 11.8 Å². The van der Waals surface area contributed by atoms with Crippen molar-refractivity contribution in [3.63, 3.8) is 0 Å². The van der Waals surface area contributed by atoms with Crippen LogP contribution in [0.3, 0.4) is 0 Å². The lowest BCUT2D eigenvalue weighted by Gasteiger charge is -2.24. The third-order valence-corrected chi connectivity index (χ3v) is 5.08. The SMILES string of the molecule is CN(C)Cc1cccc2c1-n1ccc3c1C(CC=C3)C1=NNCN12. The summed E-state index contributed by atoms with van der Waals surface area (Å²) in [6.07, 6.45) is 7.74. The lowest BCUT2D eigenvalue weighted by atomic mass is 9.91. The predicted octanol–water partition coefficient (Wildman–Crippen LogP) is 2.73. The van der Waals surface area contributed by atoms with Gasteiger partial charge in [0.1, 0.15) is 12.5 Å². The van der Waals surface area contributed by atoms with Crippen LogP contribution in [0.4, 0.5) is 5.69 Å². The third-order valence-electron chi connectivity index (χ3n) is 5.08. The third kappa shape index (κ3) is 1.82. The number of aromatic nitrogens is 1. The number of hydrogen-bond donors (Lipinski definition) is 1. The monoisotopic (exact) mass is 319 g/mol. The molecule has 1 N–H and O–H groups in total. The van der Waals surface area contributed by atoms with E-state index >= 15 is 0 Å². The molecule has 5 nitrogen and oxygen atoms in total. The number of fused-ring (bicyclic) bond motifs is 5. The zero-order valence-electron chi connectivity index (χ0n) is 14.0. The van der Waals surface area contributed by atoms with Crippen LogP contribution in [0.2, 0.25) is 0 Å². The van der Waals surface area contributed by atoms with Gasteiger partial charge in [0.05, 0.1) is 17.3 Å². The lowest BCUT2D eigenvalue weighted by molar-refractivity contribution is 0.402. The molecule has 1 aromatic heterocycles. The lowest BCUT2D eigenvalue weighted by Crippen LogP contribution is -2.32. The first-order valence-corrected chi connectivity index (χ1v) is 8.47. The number of anilines is 1. The number of nitrogens with one attached hydrogen (secondary N) is 1. The number of rotatable bonds is 2. The molecule has 24 heavy (non-hydrogen) atoms. The van der Waals surface area contributed by atoms with Crippen LogP contribution in [-0.4, -0.2) is 36.1 Å². The minimum Gasteiger partial charge on any atom is -0.317 e. The number of hydrogen-bond acceptors (Lipinski definition) is 4. The van der Waals surface area contributed by atoms with Gasteiger partial charge in [-0.2, -0.15) is 5.10 Å². The summed E-state index contributed by atoms with van der Waals surface area (Å²) in [5.74, 6) is 1.45. The summed E-state index contributed by atoms with van der Waals surface area (Å²) in [6, 6.07) is 8.85. The van der Waals surface area contributed by atoms with E-state index in [4.69, 9.17) is 0 Å². The van der Waals surface area contributed by atoms with Crippen molar-refractivity contribution >= 4 is 17.6 Å². The van der Waals surface area contributed by atoms with Gasteiger partial charge in [0.25, 0.3) is 0 Å². The Morgan fingerprint density at radius 1 is 1.29 bits per heavy atom. The van der Waals surface area contributed by atoms with Crippen LogP contribution in [0.1, 0.15) is 29.2 Å². The van der Waals surface area contributed by atoms with Gasteiger partial charge in [-0.1, -0.05) is 24.3 Å². The normalized spacial score (nSPS) is 20.2. The molecule has 122 valence electrons. The summed E-state index contributed by atoms with van der Waals surface area (Å²) >= 11 is 0. The fraction of sp³-hybridized carbons (Fsp3) is 0.316. The van der Waals surface area contributed by atoms with E-state index in [1.165, 1.54) is 28.2 Å². The molecular weight excluding hydrogens is 298 g/mol. The fourth-order valence-electron chi connectivity index (χ4n) is 4.18. The highest BCUT2D eigenvalue weighted by Gasteiger charge is 2.37. The van der Waals surface area contributed by atoms with Crippen molar-refractivity contribution in [3.05, 3.63) is 53.4 Å². The van der Waals surface area contributed by atoms with Gasteiger partial charge in [-0.05, 0) is 43.8 Å². The Hall–Kier alpha value is -2.53. The topological polar surface area (TPSA) is 35.8 Å². The van der Waals surface area contributed by atoms with Crippen molar-refractivity contribution in [2.75, 3.05) is 25.7 Å². The van der Waals surface area contributed by atoms with Gasteiger partial charge >= 0.3 is 0 Å². The number of benzene rings is 1. The second-order valence-corrected chi connectivity index (χ2v) is 6.95. The summed E-state index contributed by atoms with van der Waals surface area (Å²) in [7, 11) is 4.24. The van der Waals surface area contributed by atoms with Gasteiger partial charge in [0, 0.05) is 18.4 Å². The molecule has 0 radical (unpaired) electrons. The first-order valence-electron chi connectivity index (χ1n) is 8.47. The molecule has 2 aliphatic heterocycles. The van der Waals surface area contributed by atoms with E-state index in [1.54, 1.807) is 0 Å². The first-order chi connectivity index (χ1) is 11.7. The molecule has 2 aromatic rings. The van der Waals surface area contributed by atoms with Gasteiger partial charge in [-0.15, -0.1) is 0 Å². The molecule has 3 aliphatic rings. The Balaban J connectivity index is 1.83. The molecular formula is C19H21N5. The largest absolute Gasteiger partial charge is 0.317 e. The molecule has 5 heteroatoms. The van der Waals surface area contributed by atoms with Gasteiger partial charge in [0.2, 0.25) is 0 Å². The smallest absolute Gasteiger partial charge is 0.140 e. The van der Waals surface area contributed by atoms with E-state index in [0.717, 1.165) is 25.5 Å². The molecule has 1 unspecified atom stereocenters. The average Bonchev–Trinajstić information content (AvgIpc) is 3.18. The van der Waals surface area contributed by atoms with E-state index in [1.807, 2.05) is 0 Å². The number of allylic oxidation sites excluding steroid dienone is 1. The summed E-state index contributed by atoms with van der Waals surface area (Å²) in [5, 5.41) is 4.65. The van der Waals surface area contributed by atoms with Crippen LogP contribution in [-0.2, 0) is 6.54 Å². The summed E-state index contributed by atoms with van der Waals surface area (Å²) in [4.78, 5) is 4.57. The number of hydrazone groups is 1. The Kier molecular flexibility index (Phi) is 2.88. The minimum absolute atomic E-state index is 0.314. The van der Waals surface area contributed by atoms with Gasteiger partial charge < -0.3 is 14.4 Å². The van der Waals surface area contributed by atoms with Crippen LogP contribution < -0.4 is 10.3 Å². The maximum absolute atomic E-state index is 4.65. The van der Waals surface area contributed by atoms with Crippen molar-refractivity contribution in [3.8, 4) is 5.69 Å². The van der Waals surface area contributed by atoms with Crippen LogP contribution in [0, 0.1) is 0 Å². The number of para-hydroxylation sites is 1. The first kappa shape index (κ1) is 13.9.